The van der Waals surface area contributed by atoms with Gasteiger partial charge in [0.05, 0.1) is 12.7 Å². The third-order valence-electron chi connectivity index (χ3n) is 3.28. The van der Waals surface area contributed by atoms with Crippen LogP contribution >= 0.6 is 11.6 Å². The molecule has 0 bridgehead atoms. The van der Waals surface area contributed by atoms with Gasteiger partial charge in [0.25, 0.3) is 0 Å². The van der Waals surface area contributed by atoms with Crippen molar-refractivity contribution < 1.29 is 4.74 Å². The number of hydrogen-bond acceptors (Lipinski definition) is 5. The molecule has 1 aromatic rings. The number of nitrogen functional groups attached to an aromatic ring is 1. The minimum atomic E-state index is 0.180. The van der Waals surface area contributed by atoms with E-state index in [-0.39, 0.29) is 5.95 Å². The molecule has 0 saturated heterocycles. The first-order chi connectivity index (χ1) is 9.24. The Kier molecular flexibility index (Phi) is 5.66. The summed E-state index contributed by atoms with van der Waals surface area (Å²) in [4.78, 5) is 7.86. The fraction of sp³-hybridized carbons (Fsp3) is 0.692. The van der Waals surface area contributed by atoms with Crippen molar-refractivity contribution in [3.8, 4) is 0 Å². The molecule has 0 radical (unpaired) electrons. The molecule has 0 aromatic carbocycles. The number of nitrogens with zero attached hydrogens (tertiary/aromatic N) is 2. The second kappa shape index (κ2) is 7.50. The first-order valence-electron chi connectivity index (χ1n) is 6.89. The number of halogens is 1. The number of anilines is 2. The molecule has 19 heavy (non-hydrogen) atoms. The lowest BCUT2D eigenvalue weighted by molar-refractivity contribution is 0.0501. The number of rotatable bonds is 5. The fourth-order valence-corrected chi connectivity index (χ4v) is 2.53. The van der Waals surface area contributed by atoms with E-state index in [9.17, 15) is 0 Å². The van der Waals surface area contributed by atoms with Gasteiger partial charge >= 0.3 is 0 Å². The predicted molar refractivity (Wildman–Crippen MR) is 77.4 cm³/mol. The molecule has 1 heterocycles. The van der Waals surface area contributed by atoms with E-state index in [2.05, 4.69) is 15.3 Å². The van der Waals surface area contributed by atoms with E-state index in [1.165, 1.54) is 38.5 Å². The van der Waals surface area contributed by atoms with Gasteiger partial charge in [-0.1, -0.05) is 37.3 Å². The van der Waals surface area contributed by atoms with Gasteiger partial charge in [-0.15, -0.1) is 0 Å². The molecule has 0 unspecified atom stereocenters. The first kappa shape index (κ1) is 14.3. The van der Waals surface area contributed by atoms with E-state index < -0.39 is 0 Å². The van der Waals surface area contributed by atoms with Crippen molar-refractivity contribution >= 4 is 23.4 Å². The van der Waals surface area contributed by atoms with Crippen LogP contribution in [0.25, 0.3) is 0 Å². The molecule has 2 rings (SSSR count). The van der Waals surface area contributed by atoms with Crippen LogP contribution in [0.2, 0.25) is 5.15 Å². The Balaban J connectivity index is 1.68. The second-order valence-electron chi connectivity index (χ2n) is 4.85. The molecule has 1 saturated carbocycles. The summed E-state index contributed by atoms with van der Waals surface area (Å²) in [5.41, 5.74) is 5.52. The number of nitrogens with two attached hydrogens (primary N) is 1. The Morgan fingerprint density at radius 1 is 1.26 bits per heavy atom. The lowest BCUT2D eigenvalue weighted by Crippen LogP contribution is -2.18. The van der Waals surface area contributed by atoms with Crippen molar-refractivity contribution in [1.82, 2.24) is 9.97 Å². The average molecular weight is 285 g/mol. The molecular formula is C13H21ClN4O. The molecule has 0 spiro atoms. The number of hydrogen-bond donors (Lipinski definition) is 2. The highest BCUT2D eigenvalue weighted by atomic mass is 35.5. The molecule has 0 amide bonds. The largest absolute Gasteiger partial charge is 0.376 e. The molecule has 0 aliphatic heterocycles. The zero-order valence-corrected chi connectivity index (χ0v) is 11.8. The van der Waals surface area contributed by atoms with Crippen molar-refractivity contribution in [2.45, 2.75) is 44.6 Å². The lowest BCUT2D eigenvalue weighted by atomic mass is 10.1. The monoisotopic (exact) mass is 284 g/mol. The highest BCUT2D eigenvalue weighted by Crippen LogP contribution is 2.19. The Morgan fingerprint density at radius 2 is 2.00 bits per heavy atom. The van der Waals surface area contributed by atoms with Crippen molar-refractivity contribution in [3.05, 3.63) is 11.2 Å². The van der Waals surface area contributed by atoms with Crippen molar-refractivity contribution in [2.75, 3.05) is 24.2 Å². The van der Waals surface area contributed by atoms with Gasteiger partial charge in [0, 0.05) is 12.6 Å². The average Bonchev–Trinajstić information content (AvgIpc) is 2.62. The van der Waals surface area contributed by atoms with Gasteiger partial charge in [0.15, 0.2) is 0 Å². The summed E-state index contributed by atoms with van der Waals surface area (Å²) in [5, 5.41) is 3.49. The quantitative estimate of drug-likeness (QED) is 0.494. The second-order valence-corrected chi connectivity index (χ2v) is 5.23. The third kappa shape index (κ3) is 5.20. The topological polar surface area (TPSA) is 73.1 Å². The molecule has 1 aliphatic rings. The maximum absolute atomic E-state index is 5.88. The summed E-state index contributed by atoms with van der Waals surface area (Å²) in [6, 6.07) is 1.66. The van der Waals surface area contributed by atoms with E-state index in [0.717, 1.165) is 0 Å². The Hall–Kier alpha value is -1.07. The fourth-order valence-electron chi connectivity index (χ4n) is 2.34. The molecule has 106 valence electrons. The summed E-state index contributed by atoms with van der Waals surface area (Å²) in [6.07, 6.45) is 8.06. The maximum Gasteiger partial charge on any atom is 0.223 e. The van der Waals surface area contributed by atoms with Gasteiger partial charge in [-0.05, 0) is 12.8 Å². The number of ether oxygens (including phenoxy) is 1. The summed E-state index contributed by atoms with van der Waals surface area (Å²) < 4.78 is 5.88. The summed E-state index contributed by atoms with van der Waals surface area (Å²) in [5.74, 6) is 0.821. The predicted octanol–water partition coefficient (Wildman–Crippen LogP) is 2.86. The van der Waals surface area contributed by atoms with E-state index in [0.29, 0.717) is 30.2 Å². The normalized spacial score (nSPS) is 17.1. The highest BCUT2D eigenvalue weighted by molar-refractivity contribution is 6.29. The molecule has 1 aliphatic carbocycles. The van der Waals surface area contributed by atoms with E-state index in [4.69, 9.17) is 22.1 Å². The lowest BCUT2D eigenvalue weighted by Gasteiger charge is -2.15. The van der Waals surface area contributed by atoms with Crippen LogP contribution in [0, 0.1) is 0 Å². The van der Waals surface area contributed by atoms with Gasteiger partial charge in [-0.25, -0.2) is 4.98 Å². The minimum absolute atomic E-state index is 0.180. The van der Waals surface area contributed by atoms with Crippen molar-refractivity contribution in [3.63, 3.8) is 0 Å². The smallest absolute Gasteiger partial charge is 0.223 e. The van der Waals surface area contributed by atoms with Crippen molar-refractivity contribution in [2.24, 2.45) is 0 Å². The van der Waals surface area contributed by atoms with Gasteiger partial charge in [-0.3, -0.25) is 0 Å². The van der Waals surface area contributed by atoms with E-state index in [1.54, 1.807) is 6.07 Å². The Morgan fingerprint density at radius 3 is 2.68 bits per heavy atom. The number of nitrogens with one attached hydrogen (secondary N) is 1. The molecular weight excluding hydrogens is 264 g/mol. The van der Waals surface area contributed by atoms with Crippen LogP contribution in [-0.4, -0.2) is 29.2 Å². The SMILES string of the molecule is Nc1nc(Cl)cc(NCCOC2CCCCCC2)n1. The minimum Gasteiger partial charge on any atom is -0.376 e. The molecule has 3 N–H and O–H groups in total. The van der Waals surface area contributed by atoms with Crippen LogP contribution < -0.4 is 11.1 Å². The standard InChI is InChI=1S/C13H21ClN4O/c14-11-9-12(18-13(15)17-11)16-7-8-19-10-5-3-1-2-4-6-10/h9-10H,1-8H2,(H3,15,16,17,18). The van der Waals surface area contributed by atoms with Crippen LogP contribution in [-0.2, 0) is 4.74 Å². The zero-order chi connectivity index (χ0) is 13.5. The van der Waals surface area contributed by atoms with Crippen LogP contribution in [0.1, 0.15) is 38.5 Å². The number of aromatic nitrogens is 2. The molecule has 0 atom stereocenters. The van der Waals surface area contributed by atoms with Crippen LogP contribution in [0.4, 0.5) is 11.8 Å². The Labute approximate surface area is 118 Å². The van der Waals surface area contributed by atoms with Crippen molar-refractivity contribution in [1.29, 1.82) is 0 Å². The maximum atomic E-state index is 5.88. The van der Waals surface area contributed by atoms with Gasteiger partial charge in [-0.2, -0.15) is 4.98 Å². The van der Waals surface area contributed by atoms with Crippen LogP contribution in [0.5, 0.6) is 0 Å². The summed E-state index contributed by atoms with van der Waals surface area (Å²) in [6.45, 7) is 1.37. The summed E-state index contributed by atoms with van der Waals surface area (Å²) in [7, 11) is 0. The van der Waals surface area contributed by atoms with E-state index >= 15 is 0 Å². The zero-order valence-electron chi connectivity index (χ0n) is 11.1. The molecule has 1 fully saturated rings. The molecule has 6 heteroatoms. The van der Waals surface area contributed by atoms with Crippen LogP contribution in [0.15, 0.2) is 6.07 Å². The third-order valence-corrected chi connectivity index (χ3v) is 3.47. The summed E-state index contributed by atoms with van der Waals surface area (Å²) >= 11 is 5.80. The first-order valence-corrected chi connectivity index (χ1v) is 7.27. The Bertz CT molecular complexity index is 374. The molecule has 5 nitrogen and oxygen atoms in total. The van der Waals surface area contributed by atoms with E-state index in [1.807, 2.05) is 0 Å². The van der Waals surface area contributed by atoms with Gasteiger partial charge in [0.1, 0.15) is 11.0 Å². The van der Waals surface area contributed by atoms with Crippen LogP contribution in [0.3, 0.4) is 0 Å². The molecule has 1 aromatic heterocycles. The van der Waals surface area contributed by atoms with Gasteiger partial charge in [0.2, 0.25) is 5.95 Å². The highest BCUT2D eigenvalue weighted by Gasteiger charge is 2.11. The van der Waals surface area contributed by atoms with Gasteiger partial charge < -0.3 is 15.8 Å².